The van der Waals surface area contributed by atoms with E-state index in [-0.39, 0.29) is 5.56 Å². The van der Waals surface area contributed by atoms with Gasteiger partial charge < -0.3 is 4.74 Å². The third-order valence-electron chi connectivity index (χ3n) is 7.31. The van der Waals surface area contributed by atoms with Gasteiger partial charge in [-0.15, -0.1) is 4.90 Å². The number of hydrogen-bond donors (Lipinski definition) is 0. The van der Waals surface area contributed by atoms with Crippen LogP contribution in [0.4, 0.5) is 52.7 Å². The van der Waals surface area contributed by atoms with Gasteiger partial charge in [0, 0.05) is 12.0 Å². The van der Waals surface area contributed by atoms with Crippen molar-refractivity contribution >= 4 is 0 Å². The molecule has 0 spiro atoms. The summed E-state index contributed by atoms with van der Waals surface area (Å²) in [6.07, 6.45) is -25.4. The number of rotatable bonds is 5. The van der Waals surface area contributed by atoms with Gasteiger partial charge in [-0.2, -0.15) is 52.7 Å². The molecule has 0 N–H and O–H groups in total. The highest BCUT2D eigenvalue weighted by Crippen LogP contribution is 2.81. The van der Waals surface area contributed by atoms with Gasteiger partial charge in [0.05, 0.1) is 12.2 Å². The van der Waals surface area contributed by atoms with E-state index >= 15 is 0 Å². The van der Waals surface area contributed by atoms with Crippen molar-refractivity contribution in [3.8, 4) is 0 Å². The van der Waals surface area contributed by atoms with Gasteiger partial charge in [0.1, 0.15) is 0 Å². The van der Waals surface area contributed by atoms with Crippen molar-refractivity contribution in [1.29, 1.82) is 0 Å². The third-order valence-corrected chi connectivity index (χ3v) is 7.31. The van der Waals surface area contributed by atoms with Crippen LogP contribution in [0.3, 0.4) is 0 Å². The number of fused-ring (bicyclic) bond motifs is 2. The SMILES string of the molecule is CC12CCC(CC1(OCCN(C(F)(F)F)C(F)(F)F)c1ccccc1)C2(C(F)(F)F)C(F)(F)F. The molecule has 3 unspecified atom stereocenters. The summed E-state index contributed by atoms with van der Waals surface area (Å²) in [6.45, 7) is -2.57. The second-order valence-corrected chi connectivity index (χ2v) is 8.70. The van der Waals surface area contributed by atoms with Crippen molar-refractivity contribution in [2.24, 2.45) is 16.7 Å². The molecule has 0 saturated heterocycles. The Kier molecular flexibility index (Phi) is 6.25. The quantitative estimate of drug-likeness (QED) is 0.303. The standard InChI is InChI=1S/C20H19F12NO/c1-14-8-7-13(16(14,17(21,22)23)18(24,25)26)11-15(14,12-5-3-2-4-6-12)34-10-9-33(19(27,28)29)20(30,31)32/h2-6,13H,7-11H2,1H3. The molecule has 14 heteroatoms. The Morgan fingerprint density at radius 3 is 1.76 bits per heavy atom. The molecule has 2 aliphatic carbocycles. The second-order valence-electron chi connectivity index (χ2n) is 8.70. The molecule has 3 rings (SSSR count). The number of ether oxygens (including phenoxy) is 1. The monoisotopic (exact) mass is 517 g/mol. The summed E-state index contributed by atoms with van der Waals surface area (Å²) in [5.41, 5.74) is -9.60. The average molecular weight is 517 g/mol. The summed E-state index contributed by atoms with van der Waals surface area (Å²) in [6, 6.07) is 6.30. The number of alkyl halides is 12. The van der Waals surface area contributed by atoms with Gasteiger partial charge in [-0.3, -0.25) is 0 Å². The maximum atomic E-state index is 14.2. The van der Waals surface area contributed by atoms with Gasteiger partial charge in [-0.25, -0.2) is 0 Å². The van der Waals surface area contributed by atoms with Gasteiger partial charge >= 0.3 is 25.0 Å². The van der Waals surface area contributed by atoms with Crippen molar-refractivity contribution < 1.29 is 57.4 Å². The van der Waals surface area contributed by atoms with E-state index in [2.05, 4.69) is 0 Å². The Bertz CT molecular complexity index is 847. The minimum Gasteiger partial charge on any atom is -0.368 e. The highest BCUT2D eigenvalue weighted by Gasteiger charge is 2.90. The molecule has 194 valence electrons. The Labute approximate surface area is 185 Å². The van der Waals surface area contributed by atoms with Gasteiger partial charge in [0.25, 0.3) is 0 Å². The highest BCUT2D eigenvalue weighted by atomic mass is 19.4. The number of hydrogen-bond acceptors (Lipinski definition) is 2. The van der Waals surface area contributed by atoms with Gasteiger partial charge in [0.15, 0.2) is 5.41 Å². The van der Waals surface area contributed by atoms with E-state index in [9.17, 15) is 52.7 Å². The van der Waals surface area contributed by atoms with Crippen LogP contribution in [-0.4, -0.2) is 43.0 Å². The topological polar surface area (TPSA) is 12.5 Å². The molecule has 3 atom stereocenters. The second kappa shape index (κ2) is 7.90. The molecule has 0 aromatic heterocycles. The predicted octanol–water partition coefficient (Wildman–Crippen LogP) is 7.17. The van der Waals surface area contributed by atoms with Crippen molar-refractivity contribution in [2.45, 2.75) is 56.7 Å². The molecule has 0 heterocycles. The minimum absolute atomic E-state index is 0.178. The maximum absolute atomic E-state index is 14.2. The lowest BCUT2D eigenvalue weighted by Crippen LogP contribution is -2.61. The van der Waals surface area contributed by atoms with Crippen molar-refractivity contribution in [3.05, 3.63) is 35.9 Å². The fourth-order valence-electron chi connectivity index (χ4n) is 6.08. The summed E-state index contributed by atoms with van der Waals surface area (Å²) >= 11 is 0. The van der Waals surface area contributed by atoms with Crippen LogP contribution in [-0.2, 0) is 10.3 Å². The Balaban J connectivity index is 2.11. The molecule has 1 aromatic carbocycles. The molecule has 34 heavy (non-hydrogen) atoms. The number of benzene rings is 1. The number of nitrogens with zero attached hydrogens (tertiary/aromatic N) is 1. The lowest BCUT2D eigenvalue weighted by Gasteiger charge is -2.51. The molecular weight excluding hydrogens is 498 g/mol. The first-order chi connectivity index (χ1) is 15.3. The zero-order chi connectivity index (χ0) is 26.0. The largest absolute Gasteiger partial charge is 0.467 e. The molecule has 2 saturated carbocycles. The smallest absolute Gasteiger partial charge is 0.368 e. The van der Waals surface area contributed by atoms with Crippen molar-refractivity contribution in [2.75, 3.05) is 13.2 Å². The summed E-state index contributed by atoms with van der Waals surface area (Å²) in [5, 5.41) is 0. The van der Waals surface area contributed by atoms with Crippen LogP contribution >= 0.6 is 0 Å². The first-order valence-electron chi connectivity index (χ1n) is 10.00. The Morgan fingerprint density at radius 2 is 1.35 bits per heavy atom. The molecule has 0 amide bonds. The Hall–Kier alpha value is -1.70. The van der Waals surface area contributed by atoms with Crippen LogP contribution in [0.5, 0.6) is 0 Å². The van der Waals surface area contributed by atoms with E-state index in [4.69, 9.17) is 4.74 Å². The summed E-state index contributed by atoms with van der Waals surface area (Å²) in [7, 11) is 0. The molecule has 2 aliphatic rings. The normalized spacial score (nSPS) is 29.8. The van der Waals surface area contributed by atoms with Crippen molar-refractivity contribution in [1.82, 2.24) is 4.90 Å². The van der Waals surface area contributed by atoms with Crippen LogP contribution in [0.2, 0.25) is 0 Å². The molecule has 2 nitrogen and oxygen atoms in total. The lowest BCUT2D eigenvalue weighted by molar-refractivity contribution is -0.384. The number of halogens is 12. The van der Waals surface area contributed by atoms with Crippen LogP contribution in [0.15, 0.2) is 30.3 Å². The van der Waals surface area contributed by atoms with E-state index < -0.39 is 84.6 Å². The van der Waals surface area contributed by atoms with E-state index in [1.807, 2.05) is 0 Å². The zero-order valence-corrected chi connectivity index (χ0v) is 17.4. The fourth-order valence-corrected chi connectivity index (χ4v) is 6.08. The van der Waals surface area contributed by atoms with Gasteiger partial charge in [0.2, 0.25) is 0 Å². The van der Waals surface area contributed by atoms with Gasteiger partial charge in [-0.05, 0) is 30.7 Å². The molecule has 1 aromatic rings. The highest BCUT2D eigenvalue weighted by molar-refractivity contribution is 5.35. The first-order valence-corrected chi connectivity index (χ1v) is 10.00. The predicted molar refractivity (Wildman–Crippen MR) is 92.9 cm³/mol. The summed E-state index contributed by atoms with van der Waals surface area (Å²) < 4.78 is 168. The minimum atomic E-state index is -5.89. The molecule has 0 radical (unpaired) electrons. The molecule has 2 bridgehead atoms. The van der Waals surface area contributed by atoms with E-state index in [1.165, 1.54) is 18.2 Å². The van der Waals surface area contributed by atoms with Crippen molar-refractivity contribution in [3.63, 3.8) is 0 Å². The van der Waals surface area contributed by atoms with E-state index in [1.54, 1.807) is 0 Å². The summed E-state index contributed by atoms with van der Waals surface area (Å²) in [4.78, 5) is -1.84. The first kappa shape index (κ1) is 26.9. The van der Waals surface area contributed by atoms with E-state index in [0.29, 0.717) is 6.92 Å². The fraction of sp³-hybridized carbons (Fsp3) is 0.700. The molecule has 0 aliphatic heterocycles. The zero-order valence-electron chi connectivity index (χ0n) is 17.4. The average Bonchev–Trinajstić information content (AvgIpc) is 3.08. The molecule has 2 fully saturated rings. The Morgan fingerprint density at radius 1 is 0.853 bits per heavy atom. The molecular formula is C20H19F12NO. The van der Waals surface area contributed by atoms with Crippen LogP contribution in [0, 0.1) is 16.7 Å². The third kappa shape index (κ3) is 3.66. The van der Waals surface area contributed by atoms with E-state index in [0.717, 1.165) is 12.1 Å². The summed E-state index contributed by atoms with van der Waals surface area (Å²) in [5.74, 6) is -2.03. The van der Waals surface area contributed by atoms with Crippen LogP contribution in [0.1, 0.15) is 31.7 Å². The lowest BCUT2D eigenvalue weighted by atomic mass is 9.60. The van der Waals surface area contributed by atoms with Crippen LogP contribution in [0.25, 0.3) is 0 Å². The van der Waals surface area contributed by atoms with Gasteiger partial charge in [-0.1, -0.05) is 37.3 Å². The van der Waals surface area contributed by atoms with Crippen LogP contribution < -0.4 is 0 Å². The maximum Gasteiger partial charge on any atom is 0.467 e.